The molecule has 0 saturated carbocycles. The fourth-order valence-corrected chi connectivity index (χ4v) is 4.10. The first-order valence-corrected chi connectivity index (χ1v) is 9.12. The molecule has 3 rings (SSSR count). The Bertz CT molecular complexity index is 872. The monoisotopic (exact) mass is 420 g/mol. The van der Waals surface area contributed by atoms with Crippen LogP contribution in [0.15, 0.2) is 42.5 Å². The number of fused-ring (bicyclic) bond motifs is 2. The zero-order chi connectivity index (χ0) is 15.7. The molecule has 0 unspecified atom stereocenters. The highest BCUT2D eigenvalue weighted by molar-refractivity contribution is 9.08. The summed E-state index contributed by atoms with van der Waals surface area (Å²) in [6.45, 7) is 0. The van der Waals surface area contributed by atoms with E-state index >= 15 is 0 Å². The summed E-state index contributed by atoms with van der Waals surface area (Å²) >= 11 is 7.20. The molecule has 22 heavy (non-hydrogen) atoms. The van der Waals surface area contributed by atoms with Gasteiger partial charge in [-0.3, -0.25) is 0 Å². The smallest absolute Gasteiger partial charge is 0.337 e. The Kier molecular flexibility index (Phi) is 4.50. The molecule has 0 N–H and O–H groups in total. The van der Waals surface area contributed by atoms with E-state index in [1.165, 1.54) is 29.0 Å². The van der Waals surface area contributed by atoms with Crippen molar-refractivity contribution in [1.29, 1.82) is 0 Å². The van der Waals surface area contributed by atoms with Crippen LogP contribution in [0.2, 0.25) is 0 Å². The van der Waals surface area contributed by atoms with Crippen molar-refractivity contribution >= 4 is 59.4 Å². The van der Waals surface area contributed by atoms with Crippen LogP contribution in [0.4, 0.5) is 0 Å². The van der Waals surface area contributed by atoms with Gasteiger partial charge in [0.05, 0.1) is 12.7 Å². The van der Waals surface area contributed by atoms with Crippen LogP contribution in [0.1, 0.15) is 21.5 Å². The number of hydrogen-bond donors (Lipinski definition) is 0. The maximum absolute atomic E-state index is 11.8. The molecule has 0 fully saturated rings. The molecule has 0 aliphatic carbocycles. The predicted octanol–water partition coefficient (Wildman–Crippen LogP) is 5.57. The molecule has 0 aliphatic heterocycles. The van der Waals surface area contributed by atoms with Gasteiger partial charge < -0.3 is 4.74 Å². The van der Waals surface area contributed by atoms with Gasteiger partial charge in [-0.25, -0.2) is 4.79 Å². The highest BCUT2D eigenvalue weighted by Crippen LogP contribution is 2.35. The molecule has 3 aromatic carbocycles. The average molecular weight is 422 g/mol. The largest absolute Gasteiger partial charge is 0.465 e. The minimum Gasteiger partial charge on any atom is -0.465 e. The van der Waals surface area contributed by atoms with Gasteiger partial charge in [0.15, 0.2) is 0 Å². The minimum atomic E-state index is -0.309. The molecule has 0 spiro atoms. The first-order valence-electron chi connectivity index (χ1n) is 6.87. The molecule has 0 amide bonds. The predicted molar refractivity (Wildman–Crippen MR) is 98.1 cm³/mol. The molecule has 0 aromatic heterocycles. The lowest BCUT2D eigenvalue weighted by Crippen LogP contribution is -2.02. The lowest BCUT2D eigenvalue weighted by Gasteiger charge is -2.15. The molecule has 0 bridgehead atoms. The molecule has 112 valence electrons. The Labute approximate surface area is 145 Å². The quantitative estimate of drug-likeness (QED) is 0.314. The van der Waals surface area contributed by atoms with Gasteiger partial charge in [-0.1, -0.05) is 62.2 Å². The maximum Gasteiger partial charge on any atom is 0.337 e. The topological polar surface area (TPSA) is 26.3 Å². The van der Waals surface area contributed by atoms with Gasteiger partial charge in [0.1, 0.15) is 0 Å². The number of halogens is 2. The van der Waals surface area contributed by atoms with E-state index in [4.69, 9.17) is 4.74 Å². The number of benzene rings is 3. The summed E-state index contributed by atoms with van der Waals surface area (Å²) in [6, 6.07) is 14.1. The Morgan fingerprint density at radius 2 is 1.45 bits per heavy atom. The number of rotatable bonds is 3. The highest BCUT2D eigenvalue weighted by Gasteiger charge is 2.14. The highest BCUT2D eigenvalue weighted by atomic mass is 79.9. The standard InChI is InChI=1S/C18H14Br2O2/c1-22-18(21)11-6-7-14-15(8-11)17(10-20)13-5-3-2-4-12(13)16(14)9-19/h2-8H,9-10H2,1H3. The van der Waals surface area contributed by atoms with Crippen molar-refractivity contribution in [1.82, 2.24) is 0 Å². The second kappa shape index (κ2) is 6.39. The fraction of sp³-hybridized carbons (Fsp3) is 0.167. The van der Waals surface area contributed by atoms with Crippen molar-refractivity contribution in [3.05, 3.63) is 59.2 Å². The Hall–Kier alpha value is -1.39. The van der Waals surface area contributed by atoms with Crippen molar-refractivity contribution < 1.29 is 9.53 Å². The van der Waals surface area contributed by atoms with E-state index in [1.54, 1.807) is 0 Å². The van der Waals surface area contributed by atoms with Crippen LogP contribution in [-0.4, -0.2) is 13.1 Å². The van der Waals surface area contributed by atoms with E-state index in [0.29, 0.717) is 5.56 Å². The SMILES string of the molecule is COC(=O)c1ccc2c(CBr)c3ccccc3c(CBr)c2c1. The van der Waals surface area contributed by atoms with E-state index in [1.807, 2.05) is 24.3 Å². The number of carbonyl (C=O) groups excluding carboxylic acids is 1. The summed E-state index contributed by atoms with van der Waals surface area (Å²) in [5.74, 6) is -0.309. The van der Waals surface area contributed by atoms with Gasteiger partial charge in [-0.05, 0) is 44.8 Å². The Morgan fingerprint density at radius 1 is 0.909 bits per heavy atom. The molecule has 3 aromatic rings. The van der Waals surface area contributed by atoms with Crippen LogP contribution < -0.4 is 0 Å². The fourth-order valence-electron chi connectivity index (χ4n) is 2.89. The molecule has 0 heterocycles. The second-order valence-corrected chi connectivity index (χ2v) is 6.14. The third-order valence-electron chi connectivity index (χ3n) is 3.94. The summed E-state index contributed by atoms with van der Waals surface area (Å²) in [5, 5.41) is 6.21. The number of carbonyl (C=O) groups is 1. The van der Waals surface area contributed by atoms with E-state index in [9.17, 15) is 4.79 Å². The lowest BCUT2D eigenvalue weighted by atomic mass is 9.92. The number of methoxy groups -OCH3 is 1. The van der Waals surface area contributed by atoms with E-state index < -0.39 is 0 Å². The minimum absolute atomic E-state index is 0.309. The molecule has 0 atom stereocenters. The summed E-state index contributed by atoms with van der Waals surface area (Å²) in [4.78, 5) is 11.8. The van der Waals surface area contributed by atoms with Crippen molar-refractivity contribution in [2.24, 2.45) is 0 Å². The molecular formula is C18H14Br2O2. The third kappa shape index (κ3) is 2.44. The number of esters is 1. The van der Waals surface area contributed by atoms with Gasteiger partial charge >= 0.3 is 5.97 Å². The summed E-state index contributed by atoms with van der Waals surface area (Å²) in [5.41, 5.74) is 3.01. The van der Waals surface area contributed by atoms with Crippen molar-refractivity contribution in [2.45, 2.75) is 10.7 Å². The summed E-state index contributed by atoms with van der Waals surface area (Å²) in [6.07, 6.45) is 0. The Morgan fingerprint density at radius 3 is 2.00 bits per heavy atom. The average Bonchev–Trinajstić information content (AvgIpc) is 2.58. The van der Waals surface area contributed by atoms with Gasteiger partial charge in [0.2, 0.25) is 0 Å². The van der Waals surface area contributed by atoms with Crippen LogP contribution in [0, 0.1) is 0 Å². The molecule has 0 radical (unpaired) electrons. The van der Waals surface area contributed by atoms with E-state index in [0.717, 1.165) is 21.4 Å². The zero-order valence-corrected chi connectivity index (χ0v) is 15.2. The number of alkyl halides is 2. The maximum atomic E-state index is 11.8. The van der Waals surface area contributed by atoms with Gasteiger partial charge in [0.25, 0.3) is 0 Å². The van der Waals surface area contributed by atoms with Crippen molar-refractivity contribution in [2.75, 3.05) is 7.11 Å². The molecule has 4 heteroatoms. The Balaban J connectivity index is 2.47. The summed E-state index contributed by atoms with van der Waals surface area (Å²) in [7, 11) is 1.40. The number of ether oxygens (including phenoxy) is 1. The van der Waals surface area contributed by atoms with E-state index in [2.05, 4.69) is 50.1 Å². The molecule has 2 nitrogen and oxygen atoms in total. The summed E-state index contributed by atoms with van der Waals surface area (Å²) < 4.78 is 4.84. The first kappa shape index (κ1) is 15.5. The second-order valence-electron chi connectivity index (χ2n) is 5.02. The third-order valence-corrected chi connectivity index (χ3v) is 5.06. The van der Waals surface area contributed by atoms with Crippen LogP contribution in [0.25, 0.3) is 21.5 Å². The van der Waals surface area contributed by atoms with Crippen molar-refractivity contribution in [3.63, 3.8) is 0 Å². The first-order chi connectivity index (χ1) is 10.7. The lowest BCUT2D eigenvalue weighted by molar-refractivity contribution is 0.0601. The van der Waals surface area contributed by atoms with Gasteiger partial charge in [0, 0.05) is 10.7 Å². The molecule has 0 aliphatic rings. The van der Waals surface area contributed by atoms with Crippen molar-refractivity contribution in [3.8, 4) is 0 Å². The van der Waals surface area contributed by atoms with E-state index in [-0.39, 0.29) is 5.97 Å². The van der Waals surface area contributed by atoms with Gasteiger partial charge in [-0.2, -0.15) is 0 Å². The number of hydrogen-bond acceptors (Lipinski definition) is 2. The van der Waals surface area contributed by atoms with Gasteiger partial charge in [-0.15, -0.1) is 0 Å². The van der Waals surface area contributed by atoms with Crippen LogP contribution >= 0.6 is 31.9 Å². The van der Waals surface area contributed by atoms with Crippen LogP contribution in [0.5, 0.6) is 0 Å². The van der Waals surface area contributed by atoms with Crippen LogP contribution in [-0.2, 0) is 15.4 Å². The van der Waals surface area contributed by atoms with Crippen LogP contribution in [0.3, 0.4) is 0 Å². The molecular weight excluding hydrogens is 408 g/mol. The zero-order valence-electron chi connectivity index (χ0n) is 12.0. The molecule has 0 saturated heterocycles. The normalized spacial score (nSPS) is 11.0.